The molecule has 0 unspecified atom stereocenters. The molecule has 0 bridgehead atoms. The largest absolute Gasteiger partial charge is 0.341 e. The van der Waals surface area contributed by atoms with E-state index in [0.717, 1.165) is 42.7 Å². The normalized spacial score (nSPS) is 14.6. The van der Waals surface area contributed by atoms with E-state index in [1.807, 2.05) is 13.1 Å². The van der Waals surface area contributed by atoms with E-state index in [1.165, 1.54) is 11.1 Å². The van der Waals surface area contributed by atoms with Crippen molar-refractivity contribution >= 4 is 27.0 Å². The molecule has 4 rings (SSSR count). The highest BCUT2D eigenvalue weighted by Crippen LogP contribution is 2.26. The fourth-order valence-electron chi connectivity index (χ4n) is 4.84. The fourth-order valence-corrected chi connectivity index (χ4v) is 6.38. The minimum Gasteiger partial charge on any atom is -0.341 e. The Kier molecular flexibility index (Phi) is 7.62. The summed E-state index contributed by atoms with van der Waals surface area (Å²) in [5.74, 6) is 0.892. The average molecular weight is 497 g/mol. The number of rotatable bonds is 9. The van der Waals surface area contributed by atoms with E-state index in [1.54, 1.807) is 21.3 Å². The zero-order chi connectivity index (χ0) is 25.2. The van der Waals surface area contributed by atoms with Crippen molar-refractivity contribution < 1.29 is 13.2 Å². The van der Waals surface area contributed by atoms with Crippen LogP contribution in [0.15, 0.2) is 41.3 Å². The molecule has 2 aromatic carbocycles. The Hall–Kier alpha value is -2.71. The molecule has 0 atom stereocenters. The number of carbonyl (C=O) groups excluding carboxylic acids is 1. The van der Waals surface area contributed by atoms with Crippen molar-refractivity contribution in [2.75, 3.05) is 20.1 Å². The molecule has 0 saturated carbocycles. The van der Waals surface area contributed by atoms with Crippen molar-refractivity contribution in [3.63, 3.8) is 0 Å². The van der Waals surface area contributed by atoms with Crippen LogP contribution in [0.25, 0.3) is 11.0 Å². The number of sulfonamides is 1. The molecule has 1 aliphatic heterocycles. The second-order valence-corrected chi connectivity index (χ2v) is 11.6. The van der Waals surface area contributed by atoms with Gasteiger partial charge in [0.1, 0.15) is 5.82 Å². The van der Waals surface area contributed by atoms with Gasteiger partial charge in [0.05, 0.1) is 15.9 Å². The van der Waals surface area contributed by atoms with Gasteiger partial charge in [-0.3, -0.25) is 4.79 Å². The maximum absolute atomic E-state index is 13.0. The predicted octanol–water partition coefficient (Wildman–Crippen LogP) is 4.44. The van der Waals surface area contributed by atoms with Gasteiger partial charge < -0.3 is 9.47 Å². The average Bonchev–Trinajstić information content (AvgIpc) is 3.48. The highest BCUT2D eigenvalue weighted by Gasteiger charge is 2.28. The number of hydrogen-bond donors (Lipinski definition) is 0. The van der Waals surface area contributed by atoms with Crippen molar-refractivity contribution in [2.24, 2.45) is 0 Å². The third-order valence-corrected chi connectivity index (χ3v) is 8.74. The number of hydrogen-bond acceptors (Lipinski definition) is 4. The molecule has 2 heterocycles. The maximum atomic E-state index is 13.0. The Morgan fingerprint density at radius 3 is 2.51 bits per heavy atom. The summed E-state index contributed by atoms with van der Waals surface area (Å²) in [7, 11) is -1.66. The van der Waals surface area contributed by atoms with Crippen molar-refractivity contribution in [1.82, 2.24) is 18.8 Å². The Bertz CT molecular complexity index is 1320. The molecule has 7 nitrogen and oxygen atoms in total. The Balaban J connectivity index is 1.51. The van der Waals surface area contributed by atoms with Crippen molar-refractivity contribution in [1.29, 1.82) is 0 Å². The van der Waals surface area contributed by atoms with Gasteiger partial charge in [-0.15, -0.1) is 0 Å². The first-order valence-electron chi connectivity index (χ1n) is 12.5. The van der Waals surface area contributed by atoms with Gasteiger partial charge in [0.2, 0.25) is 15.9 Å². The zero-order valence-electron chi connectivity index (χ0n) is 21.2. The Morgan fingerprint density at radius 1 is 1.09 bits per heavy atom. The maximum Gasteiger partial charge on any atom is 0.243 e. The zero-order valence-corrected chi connectivity index (χ0v) is 22.1. The number of aryl methyl sites for hydroxylation is 4. The van der Waals surface area contributed by atoms with Gasteiger partial charge in [0.25, 0.3) is 0 Å². The number of amides is 1. The number of benzene rings is 2. The van der Waals surface area contributed by atoms with Crippen LogP contribution in [0.3, 0.4) is 0 Å². The van der Waals surface area contributed by atoms with Gasteiger partial charge in [-0.1, -0.05) is 30.7 Å². The highest BCUT2D eigenvalue weighted by atomic mass is 32.2. The molecule has 1 aliphatic rings. The standard InChI is InChI=1S/C27H36N4O3S/c1-5-14-31-25-11-10-23(35(33,34)30-15-6-7-16-30)18-24(25)28-26(31)12-13-27(32)29(4)19-22-9-8-20(2)17-21(22)3/h8-11,17-18H,5-7,12-16,19H2,1-4H3. The molecule has 35 heavy (non-hydrogen) atoms. The lowest BCUT2D eigenvalue weighted by Crippen LogP contribution is -2.27. The molecular formula is C27H36N4O3S. The third kappa shape index (κ3) is 5.43. The van der Waals surface area contributed by atoms with Crippen LogP contribution < -0.4 is 0 Å². The highest BCUT2D eigenvalue weighted by molar-refractivity contribution is 7.89. The van der Waals surface area contributed by atoms with Gasteiger partial charge in [-0.25, -0.2) is 13.4 Å². The lowest BCUT2D eigenvalue weighted by Gasteiger charge is -2.19. The smallest absolute Gasteiger partial charge is 0.243 e. The van der Waals surface area contributed by atoms with Gasteiger partial charge in [0, 0.05) is 46.1 Å². The first-order valence-corrected chi connectivity index (χ1v) is 13.9. The van der Waals surface area contributed by atoms with Crippen LogP contribution in [0.1, 0.15) is 55.1 Å². The summed E-state index contributed by atoms with van der Waals surface area (Å²) >= 11 is 0. The monoisotopic (exact) mass is 496 g/mol. The molecule has 3 aromatic rings. The Morgan fingerprint density at radius 2 is 1.83 bits per heavy atom. The number of nitrogens with zero attached hydrogens (tertiary/aromatic N) is 4. The van der Waals surface area contributed by atoms with Crippen LogP contribution in [0.5, 0.6) is 0 Å². The van der Waals surface area contributed by atoms with Crippen molar-refractivity contribution in [3.05, 3.63) is 58.9 Å². The summed E-state index contributed by atoms with van der Waals surface area (Å²) in [4.78, 5) is 19.8. The minimum absolute atomic E-state index is 0.0670. The summed E-state index contributed by atoms with van der Waals surface area (Å²) in [6, 6.07) is 11.5. The van der Waals surface area contributed by atoms with Crippen LogP contribution in [-0.2, 0) is 34.3 Å². The van der Waals surface area contributed by atoms with E-state index in [2.05, 4.69) is 43.5 Å². The van der Waals surface area contributed by atoms with Gasteiger partial charge in [0.15, 0.2) is 0 Å². The van der Waals surface area contributed by atoms with Crippen molar-refractivity contribution in [2.45, 2.75) is 70.9 Å². The first kappa shape index (κ1) is 25.4. The van der Waals surface area contributed by atoms with E-state index >= 15 is 0 Å². The van der Waals surface area contributed by atoms with E-state index < -0.39 is 10.0 Å². The molecule has 0 N–H and O–H groups in total. The second-order valence-electron chi connectivity index (χ2n) is 9.62. The first-order chi connectivity index (χ1) is 16.7. The van der Waals surface area contributed by atoms with Crippen LogP contribution >= 0.6 is 0 Å². The fraction of sp³-hybridized carbons (Fsp3) is 0.481. The lowest BCUT2D eigenvalue weighted by atomic mass is 10.1. The molecule has 1 saturated heterocycles. The molecular weight excluding hydrogens is 460 g/mol. The molecule has 1 amide bonds. The number of carbonyl (C=O) groups is 1. The van der Waals surface area contributed by atoms with E-state index in [-0.39, 0.29) is 5.91 Å². The van der Waals surface area contributed by atoms with Crippen LogP contribution in [-0.4, -0.2) is 53.2 Å². The van der Waals surface area contributed by atoms with Crippen LogP contribution in [0.2, 0.25) is 0 Å². The summed E-state index contributed by atoms with van der Waals surface area (Å²) < 4.78 is 29.7. The molecule has 1 fully saturated rings. The van der Waals surface area contributed by atoms with Gasteiger partial charge >= 0.3 is 0 Å². The quantitative estimate of drug-likeness (QED) is 0.439. The number of imidazole rings is 1. The predicted molar refractivity (Wildman–Crippen MR) is 139 cm³/mol. The summed E-state index contributed by atoms with van der Waals surface area (Å²) in [5.41, 5.74) is 5.14. The second kappa shape index (κ2) is 10.5. The summed E-state index contributed by atoms with van der Waals surface area (Å²) in [6.45, 7) is 8.75. The minimum atomic E-state index is -3.50. The number of fused-ring (bicyclic) bond motifs is 1. The SMILES string of the molecule is CCCn1c(CCC(=O)N(C)Cc2ccc(C)cc2C)nc2cc(S(=O)(=O)N3CCCC3)ccc21. The molecule has 0 spiro atoms. The molecule has 0 radical (unpaired) electrons. The van der Waals surface area contributed by atoms with Gasteiger partial charge in [-0.2, -0.15) is 4.31 Å². The van der Waals surface area contributed by atoms with Gasteiger partial charge in [-0.05, 0) is 62.4 Å². The topological polar surface area (TPSA) is 75.5 Å². The number of aromatic nitrogens is 2. The lowest BCUT2D eigenvalue weighted by molar-refractivity contribution is -0.130. The molecule has 1 aromatic heterocycles. The van der Waals surface area contributed by atoms with Crippen LogP contribution in [0.4, 0.5) is 0 Å². The summed E-state index contributed by atoms with van der Waals surface area (Å²) in [5, 5.41) is 0. The van der Waals surface area contributed by atoms with Crippen LogP contribution in [0, 0.1) is 13.8 Å². The summed E-state index contributed by atoms with van der Waals surface area (Å²) in [6.07, 6.45) is 3.60. The Labute approximate surface area is 208 Å². The molecule has 8 heteroatoms. The van der Waals surface area contributed by atoms with E-state index in [0.29, 0.717) is 42.9 Å². The third-order valence-electron chi connectivity index (χ3n) is 6.84. The molecule has 188 valence electrons. The van der Waals surface area contributed by atoms with E-state index in [4.69, 9.17) is 4.98 Å². The van der Waals surface area contributed by atoms with E-state index in [9.17, 15) is 13.2 Å². The van der Waals surface area contributed by atoms with Crippen molar-refractivity contribution in [3.8, 4) is 0 Å². The molecule has 0 aliphatic carbocycles.